The zero-order chi connectivity index (χ0) is 13.5. The zero-order valence-corrected chi connectivity index (χ0v) is 11.7. The topological polar surface area (TPSA) is 45.6 Å². The van der Waals surface area contributed by atoms with E-state index in [0.717, 1.165) is 37.3 Å². The van der Waals surface area contributed by atoms with Crippen LogP contribution in [0.4, 0.5) is 5.69 Å². The van der Waals surface area contributed by atoms with Gasteiger partial charge in [-0.3, -0.25) is 4.98 Å². The van der Waals surface area contributed by atoms with Crippen LogP contribution in [0.3, 0.4) is 0 Å². The number of aromatic nitrogens is 1. The van der Waals surface area contributed by atoms with E-state index in [9.17, 15) is 5.11 Å². The van der Waals surface area contributed by atoms with Crippen molar-refractivity contribution in [2.75, 3.05) is 24.6 Å². The summed E-state index contributed by atoms with van der Waals surface area (Å²) in [6.07, 6.45) is 3.63. The van der Waals surface area contributed by atoms with Gasteiger partial charge in [-0.05, 0) is 30.9 Å². The van der Waals surface area contributed by atoms with Gasteiger partial charge < -0.3 is 14.7 Å². The fraction of sp³-hybridized carbons (Fsp3) is 0.667. The van der Waals surface area contributed by atoms with Gasteiger partial charge in [-0.15, -0.1) is 0 Å². The van der Waals surface area contributed by atoms with E-state index in [1.54, 1.807) is 0 Å². The van der Waals surface area contributed by atoms with Crippen molar-refractivity contribution >= 4 is 5.69 Å². The molecule has 1 aromatic rings. The van der Waals surface area contributed by atoms with Crippen molar-refractivity contribution < 1.29 is 9.84 Å². The molecule has 0 aromatic carbocycles. The molecule has 1 aliphatic carbocycles. The molecule has 1 saturated heterocycles. The lowest BCUT2D eigenvalue weighted by Crippen LogP contribution is -2.49. The van der Waals surface area contributed by atoms with Gasteiger partial charge in [0.2, 0.25) is 0 Å². The van der Waals surface area contributed by atoms with Gasteiger partial charge in [0.05, 0.1) is 24.1 Å². The summed E-state index contributed by atoms with van der Waals surface area (Å²) in [4.78, 5) is 6.78. The molecule has 1 unspecified atom stereocenters. The summed E-state index contributed by atoms with van der Waals surface area (Å²) in [5, 5.41) is 10.2. The first kappa shape index (κ1) is 12.9. The Balaban J connectivity index is 1.71. The number of morpholine rings is 1. The SMILES string of the molecule is CC(C)c1ccc(N2CCOC(C3(O)CC3)C2)cn1. The second kappa shape index (κ2) is 4.76. The Bertz CT molecular complexity index is 440. The zero-order valence-electron chi connectivity index (χ0n) is 11.7. The molecule has 0 amide bonds. The standard InChI is InChI=1S/C15H22N2O2/c1-11(2)13-4-3-12(9-16-13)17-7-8-19-14(10-17)15(18)5-6-15/h3-4,9,11,14,18H,5-8,10H2,1-2H3. The van der Waals surface area contributed by atoms with Crippen molar-refractivity contribution in [3.05, 3.63) is 24.0 Å². The number of anilines is 1. The maximum Gasteiger partial charge on any atom is 0.104 e. The second-order valence-corrected chi connectivity index (χ2v) is 6.00. The molecular formula is C15H22N2O2. The molecule has 1 N–H and O–H groups in total. The van der Waals surface area contributed by atoms with Gasteiger partial charge >= 0.3 is 0 Å². The van der Waals surface area contributed by atoms with Crippen molar-refractivity contribution in [2.45, 2.75) is 44.3 Å². The van der Waals surface area contributed by atoms with Crippen LogP contribution in [0.5, 0.6) is 0 Å². The molecule has 0 spiro atoms. The third kappa shape index (κ3) is 2.60. The average Bonchev–Trinajstić information content (AvgIpc) is 3.18. The number of hydrogen-bond donors (Lipinski definition) is 1. The Labute approximate surface area is 114 Å². The normalized spacial score (nSPS) is 25.7. The molecule has 1 saturated carbocycles. The molecule has 3 rings (SSSR count). The lowest BCUT2D eigenvalue weighted by atomic mass is 10.1. The van der Waals surface area contributed by atoms with Crippen molar-refractivity contribution in [3.8, 4) is 0 Å². The highest BCUT2D eigenvalue weighted by Gasteiger charge is 2.50. The van der Waals surface area contributed by atoms with E-state index in [-0.39, 0.29) is 6.10 Å². The predicted molar refractivity (Wildman–Crippen MR) is 74.5 cm³/mol. The van der Waals surface area contributed by atoms with Crippen molar-refractivity contribution in [1.29, 1.82) is 0 Å². The van der Waals surface area contributed by atoms with E-state index >= 15 is 0 Å². The Morgan fingerprint density at radius 1 is 1.42 bits per heavy atom. The third-order valence-electron chi connectivity index (χ3n) is 4.16. The molecule has 19 heavy (non-hydrogen) atoms. The summed E-state index contributed by atoms with van der Waals surface area (Å²) >= 11 is 0. The van der Waals surface area contributed by atoms with Crippen LogP contribution in [-0.4, -0.2) is 41.5 Å². The molecular weight excluding hydrogens is 240 g/mol. The smallest absolute Gasteiger partial charge is 0.104 e. The largest absolute Gasteiger partial charge is 0.387 e. The van der Waals surface area contributed by atoms with Gasteiger partial charge in [-0.2, -0.15) is 0 Å². The predicted octanol–water partition coefficient (Wildman–Crippen LogP) is 1.94. The van der Waals surface area contributed by atoms with Crippen LogP contribution in [0.1, 0.15) is 38.3 Å². The van der Waals surface area contributed by atoms with Gasteiger partial charge in [0.15, 0.2) is 0 Å². The molecule has 1 aliphatic heterocycles. The van der Waals surface area contributed by atoms with E-state index in [1.807, 2.05) is 6.20 Å². The molecule has 1 aromatic heterocycles. The van der Waals surface area contributed by atoms with Crippen LogP contribution < -0.4 is 4.90 Å². The minimum absolute atomic E-state index is 0.0500. The van der Waals surface area contributed by atoms with E-state index in [1.165, 1.54) is 0 Å². The number of rotatable bonds is 3. The van der Waals surface area contributed by atoms with E-state index in [0.29, 0.717) is 12.5 Å². The first-order valence-corrected chi connectivity index (χ1v) is 7.13. The number of nitrogens with zero attached hydrogens (tertiary/aromatic N) is 2. The molecule has 0 bridgehead atoms. The van der Waals surface area contributed by atoms with Gasteiger partial charge in [0, 0.05) is 18.8 Å². The van der Waals surface area contributed by atoms with Crippen molar-refractivity contribution in [3.63, 3.8) is 0 Å². The van der Waals surface area contributed by atoms with E-state index in [2.05, 4.69) is 35.9 Å². The van der Waals surface area contributed by atoms with Crippen LogP contribution >= 0.6 is 0 Å². The summed E-state index contributed by atoms with van der Waals surface area (Å²) in [5.41, 5.74) is 1.68. The molecule has 4 heteroatoms. The summed E-state index contributed by atoms with van der Waals surface area (Å²) < 4.78 is 5.71. The van der Waals surface area contributed by atoms with Gasteiger partial charge in [0.1, 0.15) is 6.10 Å². The lowest BCUT2D eigenvalue weighted by molar-refractivity contribution is -0.0586. The van der Waals surface area contributed by atoms with Crippen molar-refractivity contribution in [1.82, 2.24) is 4.98 Å². The maximum absolute atomic E-state index is 10.2. The van der Waals surface area contributed by atoms with E-state index in [4.69, 9.17) is 4.74 Å². The highest BCUT2D eigenvalue weighted by Crippen LogP contribution is 2.41. The van der Waals surface area contributed by atoms with Gasteiger partial charge in [-0.25, -0.2) is 0 Å². The number of hydrogen-bond acceptors (Lipinski definition) is 4. The van der Waals surface area contributed by atoms with Crippen LogP contribution in [0.15, 0.2) is 18.3 Å². The van der Waals surface area contributed by atoms with E-state index < -0.39 is 5.60 Å². The van der Waals surface area contributed by atoms with Crippen LogP contribution in [-0.2, 0) is 4.74 Å². The highest BCUT2D eigenvalue weighted by molar-refractivity contribution is 5.45. The highest BCUT2D eigenvalue weighted by atomic mass is 16.5. The molecule has 2 heterocycles. The minimum Gasteiger partial charge on any atom is -0.387 e. The number of pyridine rings is 1. The fourth-order valence-electron chi connectivity index (χ4n) is 2.58. The molecule has 2 aliphatic rings. The maximum atomic E-state index is 10.2. The summed E-state index contributed by atoms with van der Waals surface area (Å²) in [6.45, 7) is 6.61. The Morgan fingerprint density at radius 3 is 2.79 bits per heavy atom. The monoisotopic (exact) mass is 262 g/mol. The van der Waals surface area contributed by atoms with Gasteiger partial charge in [0.25, 0.3) is 0 Å². The third-order valence-corrected chi connectivity index (χ3v) is 4.16. The Morgan fingerprint density at radius 2 is 2.21 bits per heavy atom. The summed E-state index contributed by atoms with van der Waals surface area (Å²) in [5.74, 6) is 0.457. The first-order valence-electron chi connectivity index (χ1n) is 7.13. The molecule has 2 fully saturated rings. The second-order valence-electron chi connectivity index (χ2n) is 6.00. The van der Waals surface area contributed by atoms with Crippen LogP contribution in [0.25, 0.3) is 0 Å². The fourth-order valence-corrected chi connectivity index (χ4v) is 2.58. The van der Waals surface area contributed by atoms with Crippen LogP contribution in [0, 0.1) is 0 Å². The first-order chi connectivity index (χ1) is 9.08. The molecule has 1 atom stereocenters. The molecule has 4 nitrogen and oxygen atoms in total. The quantitative estimate of drug-likeness (QED) is 0.904. The summed E-state index contributed by atoms with van der Waals surface area (Å²) in [7, 11) is 0. The Kier molecular flexibility index (Phi) is 3.23. The van der Waals surface area contributed by atoms with Gasteiger partial charge in [-0.1, -0.05) is 13.8 Å². The number of ether oxygens (including phenoxy) is 1. The molecule has 0 radical (unpaired) electrons. The summed E-state index contributed by atoms with van der Waals surface area (Å²) in [6, 6.07) is 4.22. The van der Waals surface area contributed by atoms with Crippen LogP contribution in [0.2, 0.25) is 0 Å². The minimum atomic E-state index is -0.566. The average molecular weight is 262 g/mol. The molecule has 104 valence electrons. The lowest BCUT2D eigenvalue weighted by Gasteiger charge is -2.36. The Hall–Kier alpha value is -1.13. The van der Waals surface area contributed by atoms with Crippen molar-refractivity contribution in [2.24, 2.45) is 0 Å². The number of aliphatic hydroxyl groups is 1.